The Balaban J connectivity index is 1.67. The van der Waals surface area contributed by atoms with Crippen LogP contribution in [0.4, 0.5) is 0 Å². The Labute approximate surface area is 129 Å². The first-order valence-corrected chi connectivity index (χ1v) is 8.81. The molecule has 0 aromatic carbocycles. The maximum atomic E-state index is 12.5. The number of ether oxygens (including phenoxy) is 1. The van der Waals surface area contributed by atoms with Gasteiger partial charge in [0.2, 0.25) is 15.9 Å². The third-order valence-corrected chi connectivity index (χ3v) is 6.43. The van der Waals surface area contributed by atoms with Gasteiger partial charge in [-0.15, -0.1) is 0 Å². The topological polar surface area (TPSA) is 79.8 Å². The Bertz CT molecular complexity index is 664. The summed E-state index contributed by atoms with van der Waals surface area (Å²) in [6.45, 7) is 1.49. The van der Waals surface area contributed by atoms with Crippen molar-refractivity contribution in [3.63, 3.8) is 0 Å². The third-order valence-electron chi connectivity index (χ3n) is 4.03. The van der Waals surface area contributed by atoms with Gasteiger partial charge in [0.15, 0.2) is 0 Å². The van der Waals surface area contributed by atoms with Crippen LogP contribution in [0.2, 0.25) is 0 Å². The predicted molar refractivity (Wildman–Crippen MR) is 80.2 cm³/mol. The van der Waals surface area contributed by atoms with Gasteiger partial charge >= 0.3 is 0 Å². The quantitative estimate of drug-likeness (QED) is 0.797. The molecule has 0 radical (unpaired) electrons. The van der Waals surface area contributed by atoms with Gasteiger partial charge in [-0.1, -0.05) is 0 Å². The number of sulfonamides is 1. The Morgan fingerprint density at radius 3 is 2.55 bits per heavy atom. The van der Waals surface area contributed by atoms with Crippen LogP contribution in [-0.2, 0) is 10.0 Å². The molecule has 1 aromatic rings. The first kappa shape index (κ1) is 15.2. The molecule has 1 aliphatic carbocycles. The summed E-state index contributed by atoms with van der Waals surface area (Å²) in [5, 5.41) is -0.201. The largest absolute Gasteiger partial charge is 0.480 e. The lowest BCUT2D eigenvalue weighted by molar-refractivity contribution is 0.0693. The van der Waals surface area contributed by atoms with Gasteiger partial charge in [0.1, 0.15) is 5.56 Å². The predicted octanol–water partition coefficient (Wildman–Crippen LogP) is 0.340. The second-order valence-electron chi connectivity index (χ2n) is 5.50. The minimum absolute atomic E-state index is 0.173. The van der Waals surface area contributed by atoms with Gasteiger partial charge in [-0.25, -0.2) is 13.4 Å². The molecule has 1 amide bonds. The highest BCUT2D eigenvalue weighted by Gasteiger charge is 2.41. The first-order chi connectivity index (χ1) is 10.5. The normalized spacial score (nSPS) is 20.0. The fraction of sp³-hybridized carbons (Fsp3) is 0.571. The highest BCUT2D eigenvalue weighted by Crippen LogP contribution is 2.31. The number of hydrogen-bond donors (Lipinski definition) is 0. The maximum Gasteiger partial charge on any atom is 0.259 e. The van der Waals surface area contributed by atoms with E-state index in [2.05, 4.69) is 4.98 Å². The molecule has 1 aromatic heterocycles. The first-order valence-electron chi connectivity index (χ1n) is 7.31. The molecular weight excluding hydrogens is 306 g/mol. The zero-order chi connectivity index (χ0) is 15.7. The van der Waals surface area contributed by atoms with Crippen LogP contribution < -0.4 is 4.74 Å². The van der Waals surface area contributed by atoms with Crippen molar-refractivity contribution in [3.05, 3.63) is 23.9 Å². The SMILES string of the molecule is COc1ncccc1C(=O)N1CCN(S(=O)(=O)C2CC2)CC1. The monoisotopic (exact) mass is 325 g/mol. The molecule has 0 atom stereocenters. The Morgan fingerprint density at radius 2 is 1.95 bits per heavy atom. The summed E-state index contributed by atoms with van der Waals surface area (Å²) < 4.78 is 31.0. The van der Waals surface area contributed by atoms with Gasteiger partial charge in [0, 0.05) is 32.4 Å². The summed E-state index contributed by atoms with van der Waals surface area (Å²) in [6, 6.07) is 3.35. The highest BCUT2D eigenvalue weighted by atomic mass is 32.2. The molecule has 3 rings (SSSR count). The molecule has 0 spiro atoms. The minimum atomic E-state index is -3.16. The summed E-state index contributed by atoms with van der Waals surface area (Å²) in [5.41, 5.74) is 0.406. The summed E-state index contributed by atoms with van der Waals surface area (Å²) in [7, 11) is -1.69. The molecule has 22 heavy (non-hydrogen) atoms. The molecule has 1 aliphatic heterocycles. The van der Waals surface area contributed by atoms with Crippen LogP contribution in [0.15, 0.2) is 18.3 Å². The number of piperazine rings is 1. The van der Waals surface area contributed by atoms with Crippen LogP contribution in [0.25, 0.3) is 0 Å². The van der Waals surface area contributed by atoms with E-state index in [1.54, 1.807) is 23.2 Å². The Kier molecular flexibility index (Phi) is 4.05. The molecule has 2 heterocycles. The smallest absolute Gasteiger partial charge is 0.259 e. The lowest BCUT2D eigenvalue weighted by Crippen LogP contribution is -2.51. The minimum Gasteiger partial charge on any atom is -0.480 e. The van der Waals surface area contributed by atoms with Crippen molar-refractivity contribution in [2.24, 2.45) is 0 Å². The van der Waals surface area contributed by atoms with E-state index >= 15 is 0 Å². The molecule has 2 aliphatic rings. The summed E-state index contributed by atoms with van der Waals surface area (Å²) >= 11 is 0. The maximum absolute atomic E-state index is 12.5. The second-order valence-corrected chi connectivity index (χ2v) is 7.71. The lowest BCUT2D eigenvalue weighted by atomic mass is 10.2. The van der Waals surface area contributed by atoms with Crippen LogP contribution in [0.1, 0.15) is 23.2 Å². The molecular formula is C14H19N3O4S. The Morgan fingerprint density at radius 1 is 1.27 bits per heavy atom. The molecule has 1 saturated heterocycles. The number of amides is 1. The van der Waals surface area contributed by atoms with E-state index in [0.717, 1.165) is 12.8 Å². The molecule has 8 heteroatoms. The number of aromatic nitrogens is 1. The van der Waals surface area contributed by atoms with Gasteiger partial charge in [0.05, 0.1) is 12.4 Å². The van der Waals surface area contributed by atoms with E-state index in [4.69, 9.17) is 4.74 Å². The molecule has 0 unspecified atom stereocenters. The van der Waals surface area contributed by atoms with Crippen molar-refractivity contribution in [1.29, 1.82) is 0 Å². The van der Waals surface area contributed by atoms with Crippen molar-refractivity contribution in [3.8, 4) is 5.88 Å². The number of carbonyl (C=O) groups excluding carboxylic acids is 1. The molecule has 0 bridgehead atoms. The van der Waals surface area contributed by atoms with Crippen molar-refractivity contribution >= 4 is 15.9 Å². The van der Waals surface area contributed by atoms with E-state index in [9.17, 15) is 13.2 Å². The fourth-order valence-corrected chi connectivity index (χ4v) is 4.43. The Hall–Kier alpha value is -1.67. The summed E-state index contributed by atoms with van der Waals surface area (Å²) in [5.74, 6) is 0.119. The van der Waals surface area contributed by atoms with Gasteiger partial charge in [0.25, 0.3) is 5.91 Å². The zero-order valence-corrected chi connectivity index (χ0v) is 13.3. The van der Waals surface area contributed by atoms with Gasteiger partial charge in [-0.2, -0.15) is 4.31 Å². The van der Waals surface area contributed by atoms with E-state index < -0.39 is 10.0 Å². The zero-order valence-electron chi connectivity index (χ0n) is 12.4. The van der Waals surface area contributed by atoms with Crippen LogP contribution in [-0.4, -0.2) is 67.1 Å². The summed E-state index contributed by atoms with van der Waals surface area (Å²) in [6.07, 6.45) is 3.08. The van der Waals surface area contributed by atoms with Crippen molar-refractivity contribution < 1.29 is 17.9 Å². The van der Waals surface area contributed by atoms with Crippen LogP contribution >= 0.6 is 0 Å². The average molecular weight is 325 g/mol. The molecule has 0 N–H and O–H groups in total. The fourth-order valence-electron chi connectivity index (χ4n) is 2.61. The second kappa shape index (κ2) is 5.85. The standard InChI is InChI=1S/C14H19N3O4S/c1-21-13-12(3-2-6-15-13)14(18)16-7-9-17(10-8-16)22(19,20)11-4-5-11/h2-3,6,11H,4-5,7-10H2,1H3. The molecule has 120 valence electrons. The lowest BCUT2D eigenvalue weighted by Gasteiger charge is -2.34. The number of rotatable bonds is 4. The number of nitrogens with zero attached hydrogens (tertiary/aromatic N) is 3. The number of pyridine rings is 1. The van der Waals surface area contributed by atoms with Crippen molar-refractivity contribution in [2.45, 2.75) is 18.1 Å². The molecule has 1 saturated carbocycles. The van der Waals surface area contributed by atoms with Gasteiger partial charge in [-0.05, 0) is 25.0 Å². The van der Waals surface area contributed by atoms with E-state index in [1.807, 2.05) is 0 Å². The van der Waals surface area contributed by atoms with E-state index in [1.165, 1.54) is 11.4 Å². The van der Waals surface area contributed by atoms with E-state index in [0.29, 0.717) is 37.6 Å². The van der Waals surface area contributed by atoms with Crippen molar-refractivity contribution in [1.82, 2.24) is 14.2 Å². The third kappa shape index (κ3) is 2.80. The highest BCUT2D eigenvalue weighted by molar-refractivity contribution is 7.90. The van der Waals surface area contributed by atoms with Gasteiger partial charge in [-0.3, -0.25) is 4.79 Å². The van der Waals surface area contributed by atoms with Gasteiger partial charge < -0.3 is 9.64 Å². The molecule has 2 fully saturated rings. The van der Waals surface area contributed by atoms with Crippen LogP contribution in [0.3, 0.4) is 0 Å². The number of carbonyl (C=O) groups is 1. The van der Waals surface area contributed by atoms with Crippen LogP contribution in [0, 0.1) is 0 Å². The van der Waals surface area contributed by atoms with Crippen molar-refractivity contribution in [2.75, 3.05) is 33.3 Å². The number of hydrogen-bond acceptors (Lipinski definition) is 5. The van der Waals surface area contributed by atoms with E-state index in [-0.39, 0.29) is 11.2 Å². The average Bonchev–Trinajstić information content (AvgIpc) is 3.39. The molecule has 7 nitrogen and oxygen atoms in total. The summed E-state index contributed by atoms with van der Waals surface area (Å²) in [4.78, 5) is 18.2. The van der Waals surface area contributed by atoms with Crippen LogP contribution in [0.5, 0.6) is 5.88 Å². The number of methoxy groups -OCH3 is 1.